The van der Waals surface area contributed by atoms with E-state index < -0.39 is 0 Å². The number of piperidine rings is 1. The maximum Gasteiger partial charge on any atom is 0.321 e. The van der Waals surface area contributed by atoms with Crippen molar-refractivity contribution in [2.75, 3.05) is 36.4 Å². The molecule has 2 amide bonds. The van der Waals surface area contributed by atoms with Gasteiger partial charge in [0, 0.05) is 37.6 Å². The van der Waals surface area contributed by atoms with Crippen molar-refractivity contribution < 1.29 is 9.90 Å². The highest BCUT2D eigenvalue weighted by molar-refractivity contribution is 5.90. The Hall–Kier alpha value is -1.75. The highest BCUT2D eigenvalue weighted by Crippen LogP contribution is 2.24. The maximum absolute atomic E-state index is 12.5. The number of carbonyl (C=O) groups excluding carboxylic acids is 1. The van der Waals surface area contributed by atoms with E-state index in [0.29, 0.717) is 19.0 Å². The summed E-state index contributed by atoms with van der Waals surface area (Å²) in [7, 11) is 0. The predicted molar refractivity (Wildman–Crippen MR) is 102 cm³/mol. The van der Waals surface area contributed by atoms with Crippen LogP contribution >= 0.6 is 0 Å². The number of nitrogens with one attached hydrogen (secondary N) is 1. The number of hydrogen-bond acceptors (Lipinski definition) is 3. The van der Waals surface area contributed by atoms with Crippen molar-refractivity contribution in [1.82, 2.24) is 4.90 Å². The van der Waals surface area contributed by atoms with Gasteiger partial charge in [0.05, 0.1) is 6.10 Å². The van der Waals surface area contributed by atoms with Gasteiger partial charge >= 0.3 is 6.03 Å². The van der Waals surface area contributed by atoms with Crippen molar-refractivity contribution in [3.05, 3.63) is 24.3 Å². The van der Waals surface area contributed by atoms with Gasteiger partial charge in [-0.25, -0.2) is 4.79 Å². The average molecular weight is 345 g/mol. The molecule has 0 saturated carbocycles. The Labute approximate surface area is 151 Å². The van der Waals surface area contributed by atoms with Crippen molar-refractivity contribution in [2.45, 2.75) is 51.6 Å². The molecule has 5 nitrogen and oxygen atoms in total. The molecule has 2 heterocycles. The van der Waals surface area contributed by atoms with E-state index in [-0.39, 0.29) is 12.1 Å². The Kier molecular flexibility index (Phi) is 6.19. The molecule has 1 aromatic rings. The second kappa shape index (κ2) is 8.56. The van der Waals surface area contributed by atoms with Gasteiger partial charge in [0.15, 0.2) is 0 Å². The lowest BCUT2D eigenvalue weighted by Crippen LogP contribution is -2.42. The smallest absolute Gasteiger partial charge is 0.321 e. The Balaban J connectivity index is 1.57. The van der Waals surface area contributed by atoms with Crippen LogP contribution in [0.3, 0.4) is 0 Å². The predicted octanol–water partition coefficient (Wildman–Crippen LogP) is 3.69. The molecular formula is C20H31N3O2. The van der Waals surface area contributed by atoms with E-state index in [1.54, 1.807) is 0 Å². The molecule has 0 spiro atoms. The number of hydrogen-bond donors (Lipinski definition) is 2. The van der Waals surface area contributed by atoms with Crippen LogP contribution in [0.2, 0.25) is 0 Å². The van der Waals surface area contributed by atoms with Crippen LogP contribution in [0.15, 0.2) is 24.3 Å². The summed E-state index contributed by atoms with van der Waals surface area (Å²) < 4.78 is 0. The Morgan fingerprint density at radius 1 is 1.12 bits per heavy atom. The molecule has 2 aliphatic rings. The first kappa shape index (κ1) is 18.1. The fourth-order valence-electron chi connectivity index (χ4n) is 3.90. The standard InChI is InChI=1S/C20H31N3O2/c1-16(24)17-9-13-23(14-10-17)20(25)21-18-7-6-8-19(15-18)22-11-4-2-3-5-12-22/h6-8,15-17,24H,2-5,9-14H2,1H3,(H,21,25). The molecular weight excluding hydrogens is 314 g/mol. The summed E-state index contributed by atoms with van der Waals surface area (Å²) in [5, 5.41) is 12.7. The first-order chi connectivity index (χ1) is 12.1. The van der Waals surface area contributed by atoms with Gasteiger partial charge < -0.3 is 20.2 Å². The molecule has 2 saturated heterocycles. The fraction of sp³-hybridized carbons (Fsp3) is 0.650. The van der Waals surface area contributed by atoms with Crippen LogP contribution in [0, 0.1) is 5.92 Å². The zero-order chi connectivity index (χ0) is 17.6. The number of nitrogens with zero attached hydrogens (tertiary/aromatic N) is 2. The van der Waals surface area contributed by atoms with E-state index in [9.17, 15) is 9.90 Å². The number of urea groups is 1. The van der Waals surface area contributed by atoms with Crippen molar-refractivity contribution in [3.8, 4) is 0 Å². The normalized spacial score (nSPS) is 20.9. The van der Waals surface area contributed by atoms with Gasteiger partial charge in [-0.3, -0.25) is 0 Å². The molecule has 25 heavy (non-hydrogen) atoms. The summed E-state index contributed by atoms with van der Waals surface area (Å²) >= 11 is 0. The first-order valence-electron chi connectivity index (χ1n) is 9.72. The summed E-state index contributed by atoms with van der Waals surface area (Å²) in [6.45, 7) is 5.48. The van der Waals surface area contributed by atoms with Crippen LogP contribution < -0.4 is 10.2 Å². The Morgan fingerprint density at radius 3 is 2.44 bits per heavy atom. The number of benzene rings is 1. The van der Waals surface area contributed by atoms with Crippen LogP contribution in [-0.2, 0) is 0 Å². The molecule has 0 bridgehead atoms. The number of anilines is 2. The van der Waals surface area contributed by atoms with Gasteiger partial charge in [-0.05, 0) is 56.7 Å². The van der Waals surface area contributed by atoms with Crippen LogP contribution in [0.4, 0.5) is 16.2 Å². The third-order valence-electron chi connectivity index (χ3n) is 5.58. The Morgan fingerprint density at radius 2 is 1.80 bits per heavy atom. The van der Waals surface area contributed by atoms with Gasteiger partial charge in [-0.2, -0.15) is 0 Å². The minimum atomic E-state index is -0.282. The van der Waals surface area contributed by atoms with Crippen LogP contribution in [0.5, 0.6) is 0 Å². The quantitative estimate of drug-likeness (QED) is 0.878. The van der Waals surface area contributed by atoms with Gasteiger partial charge in [-0.1, -0.05) is 18.9 Å². The minimum Gasteiger partial charge on any atom is -0.393 e. The summed E-state index contributed by atoms with van der Waals surface area (Å²) in [6, 6.07) is 8.18. The molecule has 0 aliphatic carbocycles. The number of likely N-dealkylation sites (tertiary alicyclic amines) is 1. The summed E-state index contributed by atoms with van der Waals surface area (Å²) in [6.07, 6.45) is 6.59. The first-order valence-corrected chi connectivity index (χ1v) is 9.72. The molecule has 1 aromatic carbocycles. The van der Waals surface area contributed by atoms with Gasteiger partial charge in [0.25, 0.3) is 0 Å². The van der Waals surface area contributed by atoms with Gasteiger partial charge in [0.1, 0.15) is 0 Å². The van der Waals surface area contributed by atoms with E-state index in [4.69, 9.17) is 0 Å². The number of amides is 2. The lowest BCUT2D eigenvalue weighted by molar-refractivity contribution is 0.0820. The molecule has 2 N–H and O–H groups in total. The summed E-state index contributed by atoms with van der Waals surface area (Å²) in [5.74, 6) is 0.315. The molecule has 2 aliphatic heterocycles. The minimum absolute atomic E-state index is 0.0305. The monoisotopic (exact) mass is 345 g/mol. The van der Waals surface area contributed by atoms with Crippen molar-refractivity contribution in [1.29, 1.82) is 0 Å². The second-order valence-electron chi connectivity index (χ2n) is 7.45. The van der Waals surface area contributed by atoms with Crippen molar-refractivity contribution >= 4 is 17.4 Å². The number of aliphatic hydroxyl groups is 1. The number of rotatable bonds is 3. The molecule has 0 radical (unpaired) electrons. The third kappa shape index (κ3) is 4.88. The second-order valence-corrected chi connectivity index (χ2v) is 7.45. The molecule has 138 valence electrons. The third-order valence-corrected chi connectivity index (χ3v) is 5.58. The van der Waals surface area contributed by atoms with E-state index >= 15 is 0 Å². The zero-order valence-electron chi connectivity index (χ0n) is 15.3. The zero-order valence-corrected chi connectivity index (χ0v) is 15.3. The molecule has 3 rings (SSSR count). The molecule has 2 fully saturated rings. The molecule has 0 aromatic heterocycles. The lowest BCUT2D eigenvalue weighted by Gasteiger charge is -2.33. The van der Waals surface area contributed by atoms with E-state index in [1.807, 2.05) is 24.0 Å². The summed E-state index contributed by atoms with van der Waals surface area (Å²) in [5.41, 5.74) is 2.07. The van der Waals surface area contributed by atoms with Gasteiger partial charge in [-0.15, -0.1) is 0 Å². The maximum atomic E-state index is 12.5. The van der Waals surface area contributed by atoms with E-state index in [2.05, 4.69) is 22.3 Å². The van der Waals surface area contributed by atoms with Crippen LogP contribution in [0.1, 0.15) is 45.4 Å². The Bertz CT molecular complexity index is 560. The summed E-state index contributed by atoms with van der Waals surface area (Å²) in [4.78, 5) is 16.8. The largest absolute Gasteiger partial charge is 0.393 e. The fourth-order valence-corrected chi connectivity index (χ4v) is 3.90. The van der Waals surface area contributed by atoms with E-state index in [1.165, 1.54) is 31.4 Å². The highest BCUT2D eigenvalue weighted by atomic mass is 16.3. The lowest BCUT2D eigenvalue weighted by atomic mass is 9.92. The topological polar surface area (TPSA) is 55.8 Å². The van der Waals surface area contributed by atoms with Gasteiger partial charge in [0.2, 0.25) is 0 Å². The number of carbonyl (C=O) groups is 1. The number of aliphatic hydroxyl groups excluding tert-OH is 1. The van der Waals surface area contributed by atoms with E-state index in [0.717, 1.165) is 31.6 Å². The molecule has 5 heteroatoms. The highest BCUT2D eigenvalue weighted by Gasteiger charge is 2.25. The van der Waals surface area contributed by atoms with Crippen molar-refractivity contribution in [2.24, 2.45) is 5.92 Å². The van der Waals surface area contributed by atoms with Crippen LogP contribution in [-0.4, -0.2) is 48.3 Å². The van der Waals surface area contributed by atoms with Crippen molar-refractivity contribution in [3.63, 3.8) is 0 Å². The SMILES string of the molecule is CC(O)C1CCN(C(=O)Nc2cccc(N3CCCCCC3)c2)CC1. The molecule has 1 atom stereocenters. The van der Waals surface area contributed by atoms with Crippen LogP contribution in [0.25, 0.3) is 0 Å². The molecule has 1 unspecified atom stereocenters. The average Bonchev–Trinajstić information content (AvgIpc) is 2.91.